The van der Waals surface area contributed by atoms with Crippen LogP contribution in [0, 0.1) is 0 Å². The van der Waals surface area contributed by atoms with Gasteiger partial charge in [0.1, 0.15) is 12.2 Å². The van der Waals surface area contributed by atoms with Crippen LogP contribution in [0.4, 0.5) is 0 Å². The third-order valence-electron chi connectivity index (χ3n) is 3.08. The van der Waals surface area contributed by atoms with Crippen LogP contribution < -0.4 is 5.32 Å². The van der Waals surface area contributed by atoms with Gasteiger partial charge in [-0.3, -0.25) is 4.68 Å². The summed E-state index contributed by atoms with van der Waals surface area (Å²) in [6.07, 6.45) is 8.83. The molecular formula is C13H26N4. The highest BCUT2D eigenvalue weighted by Gasteiger charge is 2.07. The van der Waals surface area contributed by atoms with E-state index in [2.05, 4.69) is 29.2 Å². The molecule has 0 bridgehead atoms. The van der Waals surface area contributed by atoms with Crippen molar-refractivity contribution in [1.29, 1.82) is 0 Å². The molecule has 0 radical (unpaired) electrons. The number of rotatable bonds is 9. The van der Waals surface area contributed by atoms with Gasteiger partial charge in [0.2, 0.25) is 0 Å². The fourth-order valence-electron chi connectivity index (χ4n) is 2.10. The van der Waals surface area contributed by atoms with Gasteiger partial charge in [0.15, 0.2) is 0 Å². The minimum atomic E-state index is 0.674. The van der Waals surface area contributed by atoms with E-state index in [4.69, 9.17) is 0 Å². The minimum absolute atomic E-state index is 0.674. The van der Waals surface area contributed by atoms with Crippen molar-refractivity contribution >= 4 is 0 Å². The van der Waals surface area contributed by atoms with Gasteiger partial charge in [-0.2, -0.15) is 5.10 Å². The molecule has 0 saturated heterocycles. The summed E-state index contributed by atoms with van der Waals surface area (Å²) in [5.74, 6) is 1.09. The van der Waals surface area contributed by atoms with Crippen LogP contribution in [0.25, 0.3) is 0 Å². The first kappa shape index (κ1) is 14.2. The molecule has 1 atom stereocenters. The van der Waals surface area contributed by atoms with Crippen molar-refractivity contribution in [2.45, 2.75) is 58.4 Å². The van der Waals surface area contributed by atoms with E-state index >= 15 is 0 Å². The number of hydrogen-bond acceptors (Lipinski definition) is 3. The number of aromatic nitrogens is 3. The summed E-state index contributed by atoms with van der Waals surface area (Å²) in [7, 11) is 1.96. The minimum Gasteiger partial charge on any atom is -0.314 e. The zero-order valence-electron chi connectivity index (χ0n) is 11.4. The first-order valence-electron chi connectivity index (χ1n) is 6.84. The van der Waals surface area contributed by atoms with Gasteiger partial charge >= 0.3 is 0 Å². The lowest BCUT2D eigenvalue weighted by Crippen LogP contribution is -2.29. The van der Waals surface area contributed by atoms with Crippen LogP contribution in [0.1, 0.15) is 51.8 Å². The molecule has 1 unspecified atom stereocenters. The maximum absolute atomic E-state index is 4.25. The van der Waals surface area contributed by atoms with E-state index in [0.717, 1.165) is 18.8 Å². The van der Waals surface area contributed by atoms with Crippen LogP contribution >= 0.6 is 0 Å². The van der Waals surface area contributed by atoms with E-state index < -0.39 is 0 Å². The van der Waals surface area contributed by atoms with Gasteiger partial charge in [-0.25, -0.2) is 4.98 Å². The largest absolute Gasteiger partial charge is 0.314 e. The molecule has 0 aliphatic carbocycles. The van der Waals surface area contributed by atoms with Crippen molar-refractivity contribution in [1.82, 2.24) is 20.1 Å². The average Bonchev–Trinajstić information content (AvgIpc) is 2.72. The van der Waals surface area contributed by atoms with E-state index in [9.17, 15) is 0 Å². The average molecular weight is 238 g/mol. The summed E-state index contributed by atoms with van der Waals surface area (Å²) in [5.41, 5.74) is 0. The maximum Gasteiger partial charge on any atom is 0.138 e. The molecule has 0 amide bonds. The fraction of sp³-hybridized carbons (Fsp3) is 0.846. The van der Waals surface area contributed by atoms with E-state index in [1.54, 1.807) is 6.33 Å². The van der Waals surface area contributed by atoms with Gasteiger partial charge in [-0.05, 0) is 32.2 Å². The fourth-order valence-corrected chi connectivity index (χ4v) is 2.10. The summed E-state index contributed by atoms with van der Waals surface area (Å²) in [6, 6.07) is 0.674. The molecule has 1 aromatic heterocycles. The van der Waals surface area contributed by atoms with Crippen LogP contribution in [0.5, 0.6) is 0 Å². The van der Waals surface area contributed by atoms with Crippen molar-refractivity contribution in [2.24, 2.45) is 7.05 Å². The highest BCUT2D eigenvalue weighted by atomic mass is 15.3. The van der Waals surface area contributed by atoms with Crippen molar-refractivity contribution in [3.63, 3.8) is 0 Å². The highest BCUT2D eigenvalue weighted by molar-refractivity contribution is 4.83. The zero-order chi connectivity index (χ0) is 12.5. The van der Waals surface area contributed by atoms with Crippen LogP contribution in [0.3, 0.4) is 0 Å². The van der Waals surface area contributed by atoms with E-state index in [0.29, 0.717) is 6.04 Å². The van der Waals surface area contributed by atoms with E-state index in [1.807, 2.05) is 11.7 Å². The van der Waals surface area contributed by atoms with Gasteiger partial charge in [0.05, 0.1) is 0 Å². The van der Waals surface area contributed by atoms with Crippen LogP contribution in [-0.2, 0) is 13.5 Å². The normalized spacial score (nSPS) is 12.9. The number of hydrogen-bond donors (Lipinski definition) is 1. The molecule has 98 valence electrons. The van der Waals surface area contributed by atoms with E-state index in [-0.39, 0.29) is 0 Å². The summed E-state index contributed by atoms with van der Waals surface area (Å²) < 4.78 is 1.87. The molecule has 4 nitrogen and oxygen atoms in total. The van der Waals surface area contributed by atoms with Crippen molar-refractivity contribution in [2.75, 3.05) is 6.54 Å². The summed E-state index contributed by atoms with van der Waals surface area (Å²) in [4.78, 5) is 4.25. The van der Waals surface area contributed by atoms with Crippen LogP contribution in [0.15, 0.2) is 6.33 Å². The van der Waals surface area contributed by atoms with Crippen molar-refractivity contribution in [3.8, 4) is 0 Å². The Hall–Kier alpha value is -0.900. The molecular weight excluding hydrogens is 212 g/mol. The third kappa shape index (κ3) is 5.31. The topological polar surface area (TPSA) is 42.7 Å². The molecule has 1 rings (SSSR count). The number of nitrogens with one attached hydrogen (secondary N) is 1. The first-order valence-corrected chi connectivity index (χ1v) is 6.84. The molecule has 0 saturated carbocycles. The quantitative estimate of drug-likeness (QED) is 0.718. The van der Waals surface area contributed by atoms with Gasteiger partial charge in [-0.1, -0.05) is 20.3 Å². The van der Waals surface area contributed by atoms with Gasteiger partial charge in [0.25, 0.3) is 0 Å². The predicted octanol–water partition coefficient (Wildman–Crippen LogP) is 2.31. The van der Waals surface area contributed by atoms with Gasteiger partial charge < -0.3 is 5.32 Å². The van der Waals surface area contributed by atoms with Gasteiger partial charge in [-0.15, -0.1) is 0 Å². The SMILES string of the molecule is CCCNC(CCC)CCCc1ncnn1C. The first-order chi connectivity index (χ1) is 8.27. The third-order valence-corrected chi connectivity index (χ3v) is 3.08. The molecule has 0 aromatic carbocycles. The van der Waals surface area contributed by atoms with Crippen LogP contribution in [-0.4, -0.2) is 27.4 Å². The monoisotopic (exact) mass is 238 g/mol. The van der Waals surface area contributed by atoms with Crippen LogP contribution in [0.2, 0.25) is 0 Å². The lowest BCUT2D eigenvalue weighted by molar-refractivity contribution is 0.434. The smallest absolute Gasteiger partial charge is 0.138 e. The molecule has 17 heavy (non-hydrogen) atoms. The van der Waals surface area contributed by atoms with Gasteiger partial charge in [0, 0.05) is 19.5 Å². The zero-order valence-corrected chi connectivity index (χ0v) is 11.4. The Morgan fingerprint density at radius 1 is 1.29 bits per heavy atom. The Balaban J connectivity index is 2.24. The summed E-state index contributed by atoms with van der Waals surface area (Å²) >= 11 is 0. The Bertz CT molecular complexity index is 295. The number of nitrogens with zero attached hydrogens (tertiary/aromatic N) is 3. The number of aryl methyl sites for hydroxylation is 2. The molecule has 1 heterocycles. The molecule has 0 fully saturated rings. The predicted molar refractivity (Wildman–Crippen MR) is 70.9 cm³/mol. The summed E-state index contributed by atoms with van der Waals surface area (Å²) in [6.45, 7) is 5.60. The molecule has 1 N–H and O–H groups in total. The maximum atomic E-state index is 4.25. The lowest BCUT2D eigenvalue weighted by Gasteiger charge is -2.17. The second-order valence-electron chi connectivity index (χ2n) is 4.63. The van der Waals surface area contributed by atoms with E-state index in [1.165, 1.54) is 32.1 Å². The molecule has 0 aliphatic rings. The lowest BCUT2D eigenvalue weighted by atomic mass is 10.0. The molecule has 0 aliphatic heterocycles. The summed E-state index contributed by atoms with van der Waals surface area (Å²) in [5, 5.41) is 7.71. The standard InChI is InChI=1S/C13H26N4/c1-4-7-12(14-10-5-2)8-6-9-13-15-11-16-17(13)3/h11-12,14H,4-10H2,1-3H3. The Morgan fingerprint density at radius 3 is 2.71 bits per heavy atom. The molecule has 1 aromatic rings. The Morgan fingerprint density at radius 2 is 2.12 bits per heavy atom. The van der Waals surface area contributed by atoms with Crippen molar-refractivity contribution < 1.29 is 0 Å². The Labute approximate surface area is 105 Å². The van der Waals surface area contributed by atoms with Crippen molar-refractivity contribution in [3.05, 3.63) is 12.2 Å². The second-order valence-corrected chi connectivity index (χ2v) is 4.63. The highest BCUT2D eigenvalue weighted by Crippen LogP contribution is 2.08. The second kappa shape index (κ2) is 8.23. The Kier molecular flexibility index (Phi) is 6.86. The molecule has 4 heteroatoms. The molecule has 0 spiro atoms.